The van der Waals surface area contributed by atoms with Gasteiger partial charge < -0.3 is 4.42 Å². The van der Waals surface area contributed by atoms with Crippen molar-refractivity contribution in [2.45, 2.75) is 77.0 Å². The van der Waals surface area contributed by atoms with Gasteiger partial charge in [-0.2, -0.15) is 0 Å². The minimum absolute atomic E-state index is 0.407. The first kappa shape index (κ1) is 15.8. The predicted octanol–water partition coefficient (Wildman–Crippen LogP) is 5.56. The molecule has 0 amide bonds. The van der Waals surface area contributed by atoms with Crippen LogP contribution < -0.4 is 0 Å². The molecule has 2 heteroatoms. The Morgan fingerprint density at radius 1 is 1.05 bits per heavy atom. The fourth-order valence-electron chi connectivity index (χ4n) is 4.75. The van der Waals surface area contributed by atoms with E-state index in [1.807, 2.05) is 12.1 Å². The number of hydrogen-bond donors (Lipinski definition) is 0. The summed E-state index contributed by atoms with van der Waals surface area (Å²) in [6.45, 7) is 0. The molecule has 0 N–H and O–H groups in total. The van der Waals surface area contributed by atoms with Crippen molar-refractivity contribution in [3.05, 3.63) is 24.2 Å². The Bertz CT molecular complexity index is 446. The van der Waals surface area contributed by atoms with Gasteiger partial charge in [0.15, 0.2) is 0 Å². The Morgan fingerprint density at radius 3 is 2.77 bits per heavy atom. The minimum Gasteiger partial charge on any atom is -0.469 e. The Morgan fingerprint density at radius 2 is 1.91 bits per heavy atom. The maximum absolute atomic E-state index is 12.6. The van der Waals surface area contributed by atoms with Crippen LogP contribution >= 0.6 is 0 Å². The van der Waals surface area contributed by atoms with E-state index in [1.54, 1.807) is 6.26 Å². The van der Waals surface area contributed by atoms with Crippen molar-refractivity contribution in [3.63, 3.8) is 0 Å². The lowest BCUT2D eigenvalue weighted by Crippen LogP contribution is -2.35. The number of carbonyl (C=O) groups excluding carboxylic acids is 1. The summed E-state index contributed by atoms with van der Waals surface area (Å²) in [7, 11) is 0. The molecule has 2 aliphatic carbocycles. The summed E-state index contributed by atoms with van der Waals surface area (Å²) in [5.74, 6) is 3.66. The van der Waals surface area contributed by atoms with E-state index in [2.05, 4.69) is 0 Å². The smallest absolute Gasteiger partial charge is 0.136 e. The molecule has 122 valence electrons. The van der Waals surface area contributed by atoms with Crippen LogP contribution in [0.5, 0.6) is 0 Å². The van der Waals surface area contributed by atoms with Gasteiger partial charge in [0.1, 0.15) is 11.5 Å². The van der Waals surface area contributed by atoms with Crippen molar-refractivity contribution in [2.75, 3.05) is 0 Å². The van der Waals surface area contributed by atoms with Crippen LogP contribution in [0.2, 0.25) is 0 Å². The summed E-state index contributed by atoms with van der Waals surface area (Å²) in [6, 6.07) is 3.99. The van der Waals surface area contributed by atoms with Gasteiger partial charge in [0, 0.05) is 18.8 Å². The summed E-state index contributed by atoms with van der Waals surface area (Å²) >= 11 is 0. The third-order valence-electron chi connectivity index (χ3n) is 5.91. The van der Waals surface area contributed by atoms with Crippen LogP contribution in [0.3, 0.4) is 0 Å². The number of rotatable bonds is 7. The van der Waals surface area contributed by atoms with Crippen molar-refractivity contribution < 1.29 is 9.21 Å². The number of Topliss-reactive ketones (excluding diaryl/α,β-unsaturated/α-hetero) is 1. The second-order valence-electron chi connectivity index (χ2n) is 7.35. The van der Waals surface area contributed by atoms with Crippen molar-refractivity contribution in [2.24, 2.45) is 17.8 Å². The molecule has 2 nitrogen and oxygen atoms in total. The van der Waals surface area contributed by atoms with E-state index in [1.165, 1.54) is 44.9 Å². The molecule has 0 aliphatic heterocycles. The van der Waals surface area contributed by atoms with E-state index < -0.39 is 0 Å². The number of hydrogen-bond acceptors (Lipinski definition) is 2. The number of ketones is 1. The molecular formula is C20H30O2. The molecule has 0 bridgehead atoms. The van der Waals surface area contributed by atoms with Crippen molar-refractivity contribution >= 4 is 5.78 Å². The molecule has 3 atom stereocenters. The lowest BCUT2D eigenvalue weighted by atomic mass is 9.64. The van der Waals surface area contributed by atoms with Gasteiger partial charge in [0.25, 0.3) is 0 Å². The summed E-state index contributed by atoms with van der Waals surface area (Å²) in [5.41, 5.74) is 0. The first-order valence-corrected chi connectivity index (χ1v) is 9.39. The first-order valence-electron chi connectivity index (χ1n) is 9.39. The van der Waals surface area contributed by atoms with Crippen LogP contribution in [0.4, 0.5) is 0 Å². The highest BCUT2D eigenvalue weighted by atomic mass is 16.3. The van der Waals surface area contributed by atoms with Crippen molar-refractivity contribution in [1.82, 2.24) is 0 Å². The summed E-state index contributed by atoms with van der Waals surface area (Å²) in [4.78, 5) is 12.6. The predicted molar refractivity (Wildman–Crippen MR) is 88.7 cm³/mol. The van der Waals surface area contributed by atoms with Crippen LogP contribution in [0, 0.1) is 17.8 Å². The van der Waals surface area contributed by atoms with Gasteiger partial charge in [0.05, 0.1) is 6.26 Å². The molecule has 22 heavy (non-hydrogen) atoms. The molecule has 0 radical (unpaired) electrons. The van der Waals surface area contributed by atoms with E-state index in [4.69, 9.17) is 4.42 Å². The standard InChI is InChI=1S/C20H30O2/c21-20(14-3-1-2-10-17-11-7-15-22-17)19-13-6-9-16-8-4-5-12-18(16)19/h7,11,15-16,18-19H,1-6,8-10,12-14H2. The van der Waals surface area contributed by atoms with Gasteiger partial charge in [-0.25, -0.2) is 0 Å². The highest BCUT2D eigenvalue weighted by Crippen LogP contribution is 2.44. The van der Waals surface area contributed by atoms with Gasteiger partial charge in [-0.1, -0.05) is 38.5 Å². The maximum Gasteiger partial charge on any atom is 0.136 e. The van der Waals surface area contributed by atoms with Crippen LogP contribution in [0.1, 0.15) is 76.4 Å². The zero-order valence-electron chi connectivity index (χ0n) is 13.8. The van der Waals surface area contributed by atoms with E-state index >= 15 is 0 Å². The van der Waals surface area contributed by atoms with E-state index in [0.717, 1.165) is 49.7 Å². The van der Waals surface area contributed by atoms with E-state index in [-0.39, 0.29) is 0 Å². The number of fused-ring (bicyclic) bond motifs is 1. The molecule has 0 spiro atoms. The normalized spacial score (nSPS) is 28.3. The molecule has 2 saturated carbocycles. The van der Waals surface area contributed by atoms with Gasteiger partial charge in [0.2, 0.25) is 0 Å². The Balaban J connectivity index is 1.37. The molecule has 3 unspecified atom stereocenters. The molecule has 1 aromatic rings. The Hall–Kier alpha value is -1.05. The summed E-state index contributed by atoms with van der Waals surface area (Å²) < 4.78 is 5.35. The van der Waals surface area contributed by atoms with Gasteiger partial charge in [-0.3, -0.25) is 4.79 Å². The Kier molecular flexibility index (Phi) is 5.75. The third kappa shape index (κ3) is 4.02. The number of aryl methyl sites for hydroxylation is 1. The summed E-state index contributed by atoms with van der Waals surface area (Å²) in [5, 5.41) is 0. The molecule has 2 fully saturated rings. The monoisotopic (exact) mass is 302 g/mol. The van der Waals surface area contributed by atoms with Crippen LogP contribution in [0.25, 0.3) is 0 Å². The second-order valence-corrected chi connectivity index (χ2v) is 7.35. The molecular weight excluding hydrogens is 272 g/mol. The fraction of sp³-hybridized carbons (Fsp3) is 0.750. The lowest BCUT2D eigenvalue weighted by Gasteiger charge is -2.40. The Labute approximate surface area is 134 Å². The average molecular weight is 302 g/mol. The molecule has 3 rings (SSSR count). The highest BCUT2D eigenvalue weighted by Gasteiger charge is 2.37. The largest absolute Gasteiger partial charge is 0.469 e. The molecule has 0 aromatic carbocycles. The number of carbonyl (C=O) groups is 1. The van der Waals surface area contributed by atoms with Crippen molar-refractivity contribution in [1.29, 1.82) is 0 Å². The zero-order valence-corrected chi connectivity index (χ0v) is 13.8. The lowest BCUT2D eigenvalue weighted by molar-refractivity contribution is -0.127. The third-order valence-corrected chi connectivity index (χ3v) is 5.91. The van der Waals surface area contributed by atoms with Crippen molar-refractivity contribution in [3.8, 4) is 0 Å². The zero-order chi connectivity index (χ0) is 15.2. The molecule has 1 aromatic heterocycles. The van der Waals surface area contributed by atoms with E-state index in [0.29, 0.717) is 11.7 Å². The van der Waals surface area contributed by atoms with Gasteiger partial charge in [-0.15, -0.1) is 0 Å². The number of furan rings is 1. The minimum atomic E-state index is 0.407. The molecule has 2 aliphatic rings. The number of unbranched alkanes of at least 4 members (excludes halogenated alkanes) is 2. The van der Waals surface area contributed by atoms with Crippen LogP contribution in [-0.2, 0) is 11.2 Å². The van der Waals surface area contributed by atoms with E-state index in [9.17, 15) is 4.79 Å². The quantitative estimate of drug-likeness (QED) is 0.617. The topological polar surface area (TPSA) is 30.2 Å². The summed E-state index contributed by atoms with van der Waals surface area (Å²) in [6.07, 6.45) is 16.2. The van der Waals surface area contributed by atoms with Gasteiger partial charge in [-0.05, 0) is 49.7 Å². The molecule has 0 saturated heterocycles. The highest BCUT2D eigenvalue weighted by molar-refractivity contribution is 5.81. The molecule has 1 heterocycles. The second kappa shape index (κ2) is 7.99. The average Bonchev–Trinajstić information content (AvgIpc) is 3.07. The maximum atomic E-state index is 12.6. The van der Waals surface area contributed by atoms with Crippen LogP contribution in [0.15, 0.2) is 22.8 Å². The van der Waals surface area contributed by atoms with Crippen LogP contribution in [-0.4, -0.2) is 5.78 Å². The first-order chi connectivity index (χ1) is 10.8. The fourth-order valence-corrected chi connectivity index (χ4v) is 4.75. The SMILES string of the molecule is O=C(CCCCCc1ccco1)C1CCCC2CCCCC21. The van der Waals surface area contributed by atoms with Gasteiger partial charge >= 0.3 is 0 Å².